The van der Waals surface area contributed by atoms with Gasteiger partial charge >= 0.3 is 0 Å². The van der Waals surface area contributed by atoms with Gasteiger partial charge in [-0.25, -0.2) is 8.78 Å². The van der Waals surface area contributed by atoms with Gasteiger partial charge in [-0.1, -0.05) is 12.1 Å². The maximum atomic E-state index is 12.2. The van der Waals surface area contributed by atoms with Crippen molar-refractivity contribution in [2.75, 3.05) is 7.05 Å². The van der Waals surface area contributed by atoms with E-state index in [0.29, 0.717) is 6.42 Å². The minimum absolute atomic E-state index is 0.0610. The number of halogens is 2. The van der Waals surface area contributed by atoms with Gasteiger partial charge in [0.25, 0.3) is 0 Å². The van der Waals surface area contributed by atoms with Crippen LogP contribution in [-0.4, -0.2) is 19.5 Å². The molecule has 0 saturated heterocycles. The molecule has 0 aliphatic rings. The molecule has 0 bridgehead atoms. The van der Waals surface area contributed by atoms with Crippen molar-refractivity contribution in [3.8, 4) is 0 Å². The van der Waals surface area contributed by atoms with Crippen LogP contribution in [0.25, 0.3) is 11.0 Å². The summed E-state index contributed by atoms with van der Waals surface area (Å²) in [6.45, 7) is 0. The summed E-state index contributed by atoms with van der Waals surface area (Å²) in [5, 5.41) is 4.15. The highest BCUT2D eigenvalue weighted by Crippen LogP contribution is 2.19. The number of likely N-dealkylation sites (N-methyl/N-ethyl adjacent to an activating group) is 1. The third-order valence-corrected chi connectivity index (χ3v) is 3.14. The van der Waals surface area contributed by atoms with E-state index in [0.717, 1.165) is 23.0 Å². The van der Waals surface area contributed by atoms with Crippen LogP contribution in [0.3, 0.4) is 0 Å². The van der Waals surface area contributed by atoms with E-state index < -0.39 is 6.43 Å². The summed E-state index contributed by atoms with van der Waals surface area (Å²) in [6.07, 6.45) is 0.577. The van der Waals surface area contributed by atoms with Crippen LogP contribution < -0.4 is 5.32 Å². The number of nitrogens with one attached hydrogen (secondary N) is 1. The summed E-state index contributed by atoms with van der Waals surface area (Å²) in [7, 11) is 1.81. The van der Waals surface area contributed by atoms with Gasteiger partial charge in [0.15, 0.2) is 0 Å². The molecule has 18 heavy (non-hydrogen) atoms. The fourth-order valence-electron chi connectivity index (χ4n) is 2.09. The van der Waals surface area contributed by atoms with Gasteiger partial charge in [-0.05, 0) is 37.6 Å². The van der Waals surface area contributed by atoms with Crippen molar-refractivity contribution in [2.45, 2.75) is 31.7 Å². The fraction of sp³-hybridized carbons (Fsp3) is 0.429. The smallest absolute Gasteiger partial charge is 0.238 e. The maximum absolute atomic E-state index is 12.2. The second-order valence-electron chi connectivity index (χ2n) is 4.45. The first-order valence-corrected chi connectivity index (χ1v) is 6.10. The van der Waals surface area contributed by atoms with Gasteiger partial charge in [0.05, 0.1) is 6.26 Å². The van der Waals surface area contributed by atoms with Gasteiger partial charge in [0.2, 0.25) is 6.43 Å². The monoisotopic (exact) mass is 253 g/mol. The van der Waals surface area contributed by atoms with Gasteiger partial charge in [0.1, 0.15) is 5.58 Å². The van der Waals surface area contributed by atoms with Crippen molar-refractivity contribution in [1.29, 1.82) is 0 Å². The van der Waals surface area contributed by atoms with Crippen molar-refractivity contribution in [3.05, 3.63) is 36.1 Å². The highest BCUT2D eigenvalue weighted by atomic mass is 19.3. The molecule has 1 aromatic carbocycles. The number of benzene rings is 1. The summed E-state index contributed by atoms with van der Waals surface area (Å²) in [5.74, 6) is 0. The van der Waals surface area contributed by atoms with Gasteiger partial charge in [-0.2, -0.15) is 0 Å². The van der Waals surface area contributed by atoms with Crippen molar-refractivity contribution in [2.24, 2.45) is 0 Å². The molecule has 1 unspecified atom stereocenters. The van der Waals surface area contributed by atoms with Crippen LogP contribution >= 0.6 is 0 Å². The number of hydrogen-bond donors (Lipinski definition) is 1. The molecule has 2 aromatic rings. The Morgan fingerprint density at radius 1 is 1.22 bits per heavy atom. The highest BCUT2D eigenvalue weighted by Gasteiger charge is 2.11. The molecule has 0 aliphatic heterocycles. The predicted molar refractivity (Wildman–Crippen MR) is 68.0 cm³/mol. The first-order chi connectivity index (χ1) is 8.69. The Hall–Kier alpha value is -1.42. The summed E-state index contributed by atoms with van der Waals surface area (Å²) < 4.78 is 29.7. The van der Waals surface area contributed by atoms with Gasteiger partial charge < -0.3 is 9.73 Å². The van der Waals surface area contributed by atoms with Crippen molar-refractivity contribution < 1.29 is 13.2 Å². The summed E-state index contributed by atoms with van der Waals surface area (Å²) in [5.41, 5.74) is 1.95. The Bertz CT molecular complexity index is 495. The molecule has 0 aliphatic carbocycles. The largest absolute Gasteiger partial charge is 0.464 e. The van der Waals surface area contributed by atoms with E-state index in [1.54, 1.807) is 6.26 Å². The van der Waals surface area contributed by atoms with Crippen molar-refractivity contribution in [1.82, 2.24) is 5.32 Å². The Morgan fingerprint density at radius 2 is 2.06 bits per heavy atom. The van der Waals surface area contributed by atoms with Gasteiger partial charge in [-0.15, -0.1) is 0 Å². The molecule has 4 heteroatoms. The minimum Gasteiger partial charge on any atom is -0.464 e. The Kier molecular flexibility index (Phi) is 4.31. The molecule has 1 atom stereocenters. The topological polar surface area (TPSA) is 25.2 Å². The molecule has 1 aromatic heterocycles. The molecular formula is C14H17F2NO. The quantitative estimate of drug-likeness (QED) is 0.850. The first-order valence-electron chi connectivity index (χ1n) is 6.10. The molecule has 1 heterocycles. The average Bonchev–Trinajstić information content (AvgIpc) is 2.81. The van der Waals surface area contributed by atoms with E-state index in [9.17, 15) is 8.78 Å². The normalized spacial score (nSPS) is 13.3. The average molecular weight is 253 g/mol. The molecule has 2 nitrogen and oxygen atoms in total. The Labute approximate surface area is 105 Å². The lowest BCUT2D eigenvalue weighted by molar-refractivity contribution is 0.130. The molecule has 0 amide bonds. The summed E-state index contributed by atoms with van der Waals surface area (Å²) >= 11 is 0. The minimum atomic E-state index is -2.23. The van der Waals surface area contributed by atoms with E-state index in [-0.39, 0.29) is 12.5 Å². The fourth-order valence-corrected chi connectivity index (χ4v) is 2.09. The number of alkyl halides is 2. The molecule has 98 valence electrons. The zero-order valence-corrected chi connectivity index (χ0v) is 10.3. The van der Waals surface area contributed by atoms with Crippen LogP contribution in [0.1, 0.15) is 18.4 Å². The van der Waals surface area contributed by atoms with Crippen molar-refractivity contribution >= 4 is 11.0 Å². The lowest BCUT2D eigenvalue weighted by Gasteiger charge is -2.15. The maximum Gasteiger partial charge on any atom is 0.238 e. The standard InChI is InChI=1S/C14H17F2NO/c1-17-12(4-5-14(15)16)8-10-2-3-11-6-7-18-13(11)9-10/h2-3,6-7,9,12,14,17H,4-5,8H2,1H3. The Balaban J connectivity index is 2.01. The van der Waals surface area contributed by atoms with E-state index >= 15 is 0 Å². The lowest BCUT2D eigenvalue weighted by Crippen LogP contribution is -2.28. The molecule has 0 fully saturated rings. The first kappa shape index (κ1) is 13.0. The van der Waals surface area contributed by atoms with E-state index in [2.05, 4.69) is 5.32 Å². The summed E-state index contributed by atoms with van der Waals surface area (Å²) in [6, 6.07) is 7.97. The second-order valence-corrected chi connectivity index (χ2v) is 4.45. The van der Waals surface area contributed by atoms with Crippen LogP contribution in [0.2, 0.25) is 0 Å². The van der Waals surface area contributed by atoms with E-state index in [4.69, 9.17) is 4.42 Å². The van der Waals surface area contributed by atoms with Crippen LogP contribution in [0.5, 0.6) is 0 Å². The zero-order valence-electron chi connectivity index (χ0n) is 10.3. The second kappa shape index (κ2) is 5.96. The van der Waals surface area contributed by atoms with E-state index in [1.807, 2.05) is 31.3 Å². The number of fused-ring (bicyclic) bond motifs is 1. The van der Waals surface area contributed by atoms with Gasteiger partial charge in [-0.3, -0.25) is 0 Å². The third-order valence-electron chi connectivity index (χ3n) is 3.14. The third kappa shape index (κ3) is 3.29. The molecule has 1 N–H and O–H groups in total. The van der Waals surface area contributed by atoms with Crippen LogP contribution in [0, 0.1) is 0 Å². The van der Waals surface area contributed by atoms with Crippen molar-refractivity contribution in [3.63, 3.8) is 0 Å². The summed E-state index contributed by atoms with van der Waals surface area (Å²) in [4.78, 5) is 0. The zero-order chi connectivity index (χ0) is 13.0. The van der Waals surface area contributed by atoms with Crippen LogP contribution in [-0.2, 0) is 6.42 Å². The predicted octanol–water partition coefficient (Wildman–Crippen LogP) is 3.61. The molecular weight excluding hydrogens is 236 g/mol. The SMILES string of the molecule is CNC(CCC(F)F)Cc1ccc2ccoc2c1. The number of rotatable bonds is 6. The molecule has 2 rings (SSSR count). The molecule has 0 spiro atoms. The van der Waals surface area contributed by atoms with E-state index in [1.165, 1.54) is 0 Å². The highest BCUT2D eigenvalue weighted by molar-refractivity contribution is 5.77. The number of hydrogen-bond acceptors (Lipinski definition) is 2. The van der Waals surface area contributed by atoms with Gasteiger partial charge in [0, 0.05) is 17.8 Å². The number of furan rings is 1. The van der Waals surface area contributed by atoms with Crippen LogP contribution in [0.4, 0.5) is 8.78 Å². The lowest BCUT2D eigenvalue weighted by atomic mass is 10.0. The molecule has 0 radical (unpaired) electrons. The van der Waals surface area contributed by atoms with Crippen LogP contribution in [0.15, 0.2) is 34.9 Å². The Morgan fingerprint density at radius 3 is 2.78 bits per heavy atom. The molecule has 0 saturated carbocycles.